The summed E-state index contributed by atoms with van der Waals surface area (Å²) in [4.78, 5) is 0. The van der Waals surface area contributed by atoms with Crippen molar-refractivity contribution in [1.29, 1.82) is 0 Å². The number of benzene rings is 5. The molecule has 0 amide bonds. The minimum Gasteiger partial charge on any atom is -0.102 e. The quantitative estimate of drug-likeness (QED) is 0.0914. The largest absolute Gasteiger partial charge is 0.102 e. The summed E-state index contributed by atoms with van der Waals surface area (Å²) < 4.78 is 0. The van der Waals surface area contributed by atoms with Gasteiger partial charge in [0, 0.05) is 16.7 Å². The number of unbranched alkanes of at least 4 members (excludes halogenated alkanes) is 1. The number of allylic oxidation sites excluding steroid dienone is 11. The Balaban J connectivity index is 0.000000338. The molecule has 0 N–H and O–H groups in total. The van der Waals surface area contributed by atoms with Crippen LogP contribution in [0.4, 0.5) is 0 Å². The van der Waals surface area contributed by atoms with Gasteiger partial charge in [-0.2, -0.15) is 0 Å². The molecular weight excluding hydrogens is 853 g/mol. The average Bonchev–Trinajstić information content (AvgIpc) is 3.73. The monoisotopic (exact) mass is 949 g/mol. The number of fused-ring (bicyclic) bond motifs is 5. The standard InChI is InChI=1S/C24H28.C20H20.C17H24.C4H6.3C2H6/c1-6-7-8-17-14-20-18(16(17)3)11-12-21-23(20)19-10-9-15(2)13-22(19)24(21,4)5;1-16-7-5-10-18(14-13-16)20-12-6-11-19(15-20)17-8-3-2-4-9-17;1-6-15(4)17(5,7-2)13-12-16-10-8-14(3)9-11-16;1-3-4-2;3*1-2/h9-13H,6-8,14H2,1-5H3;2-4,6-9,11-15,18H,5,10H2,1H3;6-11H,2,12-13H2,1,3-5H3;3-4H,1-2H2;3*1-2H3/b;;15-6+;;;;. The van der Waals surface area contributed by atoms with Gasteiger partial charge in [-0.3, -0.25) is 0 Å². The lowest BCUT2D eigenvalue weighted by Gasteiger charge is -2.27. The van der Waals surface area contributed by atoms with E-state index in [9.17, 15) is 0 Å². The Kier molecular flexibility index (Phi) is 27.3. The van der Waals surface area contributed by atoms with Gasteiger partial charge in [0.05, 0.1) is 0 Å². The fraction of sp³-hybridized carbons (Fsp3) is 0.380. The van der Waals surface area contributed by atoms with Crippen molar-refractivity contribution in [3.63, 3.8) is 0 Å². The van der Waals surface area contributed by atoms with Crippen LogP contribution in [-0.2, 0) is 18.3 Å². The molecule has 0 heteroatoms. The molecule has 71 heavy (non-hydrogen) atoms. The molecule has 2 unspecified atom stereocenters. The smallest absolute Gasteiger partial charge is 0.0159 e. The van der Waals surface area contributed by atoms with Gasteiger partial charge in [-0.15, -0.1) is 6.58 Å². The Morgan fingerprint density at radius 2 is 1.32 bits per heavy atom. The third-order valence-electron chi connectivity index (χ3n) is 14.2. The molecule has 5 aromatic rings. The van der Waals surface area contributed by atoms with Gasteiger partial charge in [0.15, 0.2) is 0 Å². The lowest BCUT2D eigenvalue weighted by molar-refractivity contribution is 0.468. The first-order chi connectivity index (χ1) is 34.2. The van der Waals surface area contributed by atoms with Crippen LogP contribution in [0.1, 0.15) is 186 Å². The van der Waals surface area contributed by atoms with Crippen LogP contribution >= 0.6 is 0 Å². The fourth-order valence-corrected chi connectivity index (χ4v) is 9.48. The van der Waals surface area contributed by atoms with Crippen LogP contribution in [0.5, 0.6) is 0 Å². The van der Waals surface area contributed by atoms with Gasteiger partial charge < -0.3 is 0 Å². The lowest BCUT2D eigenvalue weighted by Crippen LogP contribution is -2.15. The van der Waals surface area contributed by atoms with E-state index in [1.54, 1.807) is 34.4 Å². The molecule has 3 aliphatic carbocycles. The van der Waals surface area contributed by atoms with Crippen molar-refractivity contribution in [2.45, 2.75) is 173 Å². The molecule has 0 heterocycles. The molecule has 8 rings (SSSR count). The van der Waals surface area contributed by atoms with Crippen molar-refractivity contribution in [2.24, 2.45) is 5.41 Å². The maximum Gasteiger partial charge on any atom is 0.0159 e. The van der Waals surface area contributed by atoms with E-state index in [-0.39, 0.29) is 10.8 Å². The maximum absolute atomic E-state index is 3.99. The SMILES string of the molecule is C=CC(C)(CCc1ccc(C)cc1)/C(C)=C/C.C=CC=C.CC.CC.CC.CC1=CCCC(c2cccc(-c3ccccc3)c2)C=C1.CCCCC1=C(C)c2ccc3c(c2C1)-c1ccc(C)cc1C3(C)C. The second kappa shape index (κ2) is 31.6. The van der Waals surface area contributed by atoms with Crippen molar-refractivity contribution >= 4 is 5.57 Å². The highest BCUT2D eigenvalue weighted by atomic mass is 14.4. The van der Waals surface area contributed by atoms with Gasteiger partial charge in [0.25, 0.3) is 0 Å². The van der Waals surface area contributed by atoms with Crippen LogP contribution in [0.25, 0.3) is 27.8 Å². The predicted octanol–water partition coefficient (Wildman–Crippen LogP) is 22.1. The minimum atomic E-state index is 0.117. The molecular formula is C71H96. The van der Waals surface area contributed by atoms with Gasteiger partial charge in [-0.1, -0.05) is 268 Å². The van der Waals surface area contributed by atoms with E-state index < -0.39 is 0 Å². The fourth-order valence-electron chi connectivity index (χ4n) is 9.48. The zero-order valence-electron chi connectivity index (χ0n) is 47.8. The summed E-state index contributed by atoms with van der Waals surface area (Å²) in [7, 11) is 0. The molecule has 0 saturated heterocycles. The Hall–Kier alpha value is -5.72. The van der Waals surface area contributed by atoms with Crippen LogP contribution in [-0.4, -0.2) is 0 Å². The Labute approximate surface area is 437 Å². The molecule has 2 atom stereocenters. The normalized spacial score (nSPS) is 15.2. The second-order valence-electron chi connectivity index (χ2n) is 19.2. The number of aryl methyl sites for hydroxylation is 3. The summed E-state index contributed by atoms with van der Waals surface area (Å²) in [6, 6.07) is 40.2. The van der Waals surface area contributed by atoms with E-state index in [4.69, 9.17) is 0 Å². The first kappa shape index (κ1) is 61.4. The highest BCUT2D eigenvalue weighted by Gasteiger charge is 2.38. The van der Waals surface area contributed by atoms with Crippen molar-refractivity contribution in [1.82, 2.24) is 0 Å². The van der Waals surface area contributed by atoms with Crippen molar-refractivity contribution in [3.8, 4) is 22.3 Å². The van der Waals surface area contributed by atoms with Gasteiger partial charge in [-0.05, 0) is 148 Å². The molecule has 0 nitrogen and oxygen atoms in total. The van der Waals surface area contributed by atoms with E-state index in [1.807, 2.05) is 41.5 Å². The second-order valence-corrected chi connectivity index (χ2v) is 19.2. The summed E-state index contributed by atoms with van der Waals surface area (Å²) in [6.45, 7) is 45.2. The van der Waals surface area contributed by atoms with E-state index in [2.05, 4.69) is 229 Å². The summed E-state index contributed by atoms with van der Waals surface area (Å²) in [5, 5.41) is 0. The first-order valence-electron chi connectivity index (χ1n) is 27.2. The van der Waals surface area contributed by atoms with Crippen LogP contribution in [0.3, 0.4) is 0 Å². The predicted molar refractivity (Wildman–Crippen MR) is 323 cm³/mol. The van der Waals surface area contributed by atoms with Crippen LogP contribution in [0, 0.1) is 19.3 Å². The molecule has 0 radical (unpaired) electrons. The Morgan fingerprint density at radius 3 is 1.93 bits per heavy atom. The van der Waals surface area contributed by atoms with E-state index in [0.717, 1.165) is 19.3 Å². The van der Waals surface area contributed by atoms with Crippen LogP contribution in [0.15, 0.2) is 188 Å². The molecule has 0 spiro atoms. The molecule has 0 bridgehead atoms. The third kappa shape index (κ3) is 17.0. The molecule has 0 aromatic heterocycles. The zero-order chi connectivity index (χ0) is 53.1. The number of hydrogen-bond acceptors (Lipinski definition) is 0. The maximum atomic E-state index is 3.99. The van der Waals surface area contributed by atoms with Gasteiger partial charge in [0.1, 0.15) is 0 Å². The molecule has 0 fully saturated rings. The molecule has 380 valence electrons. The summed E-state index contributed by atoms with van der Waals surface area (Å²) >= 11 is 0. The number of hydrogen-bond donors (Lipinski definition) is 0. The molecule has 5 aromatic carbocycles. The first-order valence-corrected chi connectivity index (χ1v) is 27.2. The average molecular weight is 950 g/mol. The molecule has 3 aliphatic rings. The Morgan fingerprint density at radius 1 is 0.704 bits per heavy atom. The van der Waals surface area contributed by atoms with Crippen molar-refractivity contribution < 1.29 is 0 Å². The summed E-state index contributed by atoms with van der Waals surface area (Å²) in [6.07, 6.45) is 24.1. The van der Waals surface area contributed by atoms with E-state index >= 15 is 0 Å². The van der Waals surface area contributed by atoms with Gasteiger partial charge >= 0.3 is 0 Å². The van der Waals surface area contributed by atoms with Gasteiger partial charge in [-0.25, -0.2) is 0 Å². The summed E-state index contributed by atoms with van der Waals surface area (Å²) in [5.41, 5.74) is 23.5. The van der Waals surface area contributed by atoms with Crippen LogP contribution in [0.2, 0.25) is 0 Å². The van der Waals surface area contributed by atoms with Crippen LogP contribution < -0.4 is 0 Å². The highest BCUT2D eigenvalue weighted by Crippen LogP contribution is 2.53. The van der Waals surface area contributed by atoms with E-state index in [1.165, 1.54) is 98.9 Å². The molecule has 0 saturated carbocycles. The van der Waals surface area contributed by atoms with E-state index in [0.29, 0.717) is 5.92 Å². The topological polar surface area (TPSA) is 0 Å². The number of rotatable bonds is 11. The highest BCUT2D eigenvalue weighted by molar-refractivity contribution is 5.90. The van der Waals surface area contributed by atoms with Crippen molar-refractivity contribution in [2.75, 3.05) is 0 Å². The third-order valence-corrected chi connectivity index (χ3v) is 14.2. The van der Waals surface area contributed by atoms with Gasteiger partial charge in [0.2, 0.25) is 0 Å². The molecule has 0 aliphatic heterocycles. The summed E-state index contributed by atoms with van der Waals surface area (Å²) in [5.74, 6) is 0.535. The zero-order valence-corrected chi connectivity index (χ0v) is 47.8. The Bertz CT molecular complexity index is 2520. The van der Waals surface area contributed by atoms with Crippen molar-refractivity contribution in [3.05, 3.63) is 233 Å². The minimum absolute atomic E-state index is 0.117. The lowest BCUT2D eigenvalue weighted by atomic mass is 9.78.